The van der Waals surface area contributed by atoms with Gasteiger partial charge in [-0.3, -0.25) is 9.48 Å². The number of hydrogen-bond donors (Lipinski definition) is 1. The number of amides is 1. The molecule has 0 unspecified atom stereocenters. The lowest BCUT2D eigenvalue weighted by molar-refractivity contribution is 0.0948. The number of pyridine rings is 1. The summed E-state index contributed by atoms with van der Waals surface area (Å²) < 4.78 is 1.84. The van der Waals surface area contributed by atoms with Crippen molar-refractivity contribution in [2.45, 2.75) is 40.0 Å². The summed E-state index contributed by atoms with van der Waals surface area (Å²) in [5, 5.41) is 7.31. The maximum absolute atomic E-state index is 12.6. The quantitative estimate of drug-likeness (QED) is 0.785. The van der Waals surface area contributed by atoms with Gasteiger partial charge in [-0.15, -0.1) is 0 Å². The molecule has 0 aromatic carbocycles. The SMILES string of the molecule is CCCCCNC(=O)c1cc(-c2cnn(C)c2C)c(C)c(N(C)C)n1. The number of carbonyl (C=O) groups is 1. The van der Waals surface area contributed by atoms with Crippen molar-refractivity contribution in [2.24, 2.45) is 7.05 Å². The van der Waals surface area contributed by atoms with Gasteiger partial charge < -0.3 is 10.2 Å². The van der Waals surface area contributed by atoms with Gasteiger partial charge in [-0.2, -0.15) is 5.10 Å². The maximum atomic E-state index is 12.6. The van der Waals surface area contributed by atoms with Crippen LogP contribution in [0.5, 0.6) is 0 Å². The lowest BCUT2D eigenvalue weighted by Gasteiger charge is -2.19. The molecule has 0 aliphatic rings. The third-order valence-corrected chi connectivity index (χ3v) is 4.49. The summed E-state index contributed by atoms with van der Waals surface area (Å²) in [6.45, 7) is 6.89. The second-order valence-electron chi connectivity index (χ2n) is 6.63. The Balaban J connectivity index is 2.41. The molecule has 0 aliphatic heterocycles. The summed E-state index contributed by atoms with van der Waals surface area (Å²) in [7, 11) is 5.81. The van der Waals surface area contributed by atoms with Crippen LogP contribution in [0.1, 0.15) is 47.9 Å². The molecule has 1 amide bonds. The minimum Gasteiger partial charge on any atom is -0.362 e. The van der Waals surface area contributed by atoms with E-state index < -0.39 is 0 Å². The number of rotatable bonds is 7. The van der Waals surface area contributed by atoms with Crippen LogP contribution in [-0.4, -0.2) is 41.3 Å². The zero-order valence-electron chi connectivity index (χ0n) is 16.2. The Kier molecular flexibility index (Phi) is 6.17. The Morgan fingerprint density at radius 2 is 1.96 bits per heavy atom. The van der Waals surface area contributed by atoms with Crippen LogP contribution in [0.25, 0.3) is 11.1 Å². The Bertz CT molecular complexity index is 749. The number of aromatic nitrogens is 3. The van der Waals surface area contributed by atoms with Crippen molar-refractivity contribution in [3.63, 3.8) is 0 Å². The van der Waals surface area contributed by atoms with Crippen LogP contribution in [-0.2, 0) is 7.05 Å². The predicted octanol–water partition coefficient (Wildman–Crippen LogP) is 3.08. The fraction of sp³-hybridized carbons (Fsp3) is 0.526. The van der Waals surface area contributed by atoms with Crippen molar-refractivity contribution in [1.82, 2.24) is 20.1 Å². The highest BCUT2D eigenvalue weighted by Gasteiger charge is 2.18. The van der Waals surface area contributed by atoms with E-state index >= 15 is 0 Å². The molecule has 25 heavy (non-hydrogen) atoms. The van der Waals surface area contributed by atoms with Crippen LogP contribution in [0.2, 0.25) is 0 Å². The van der Waals surface area contributed by atoms with Crippen molar-refractivity contribution in [2.75, 3.05) is 25.5 Å². The molecular weight excluding hydrogens is 314 g/mol. The van der Waals surface area contributed by atoms with Gasteiger partial charge in [0.05, 0.1) is 6.20 Å². The average Bonchev–Trinajstić information content (AvgIpc) is 2.90. The van der Waals surface area contributed by atoms with Crippen LogP contribution in [0.3, 0.4) is 0 Å². The molecular formula is C19H29N5O. The normalized spacial score (nSPS) is 10.8. The van der Waals surface area contributed by atoms with Crippen molar-refractivity contribution < 1.29 is 4.79 Å². The van der Waals surface area contributed by atoms with Gasteiger partial charge >= 0.3 is 0 Å². The van der Waals surface area contributed by atoms with E-state index in [1.165, 1.54) is 0 Å². The largest absolute Gasteiger partial charge is 0.362 e. The number of hydrogen-bond acceptors (Lipinski definition) is 4. The Labute approximate surface area is 150 Å². The van der Waals surface area contributed by atoms with Crippen LogP contribution in [0.4, 0.5) is 5.82 Å². The van der Waals surface area contributed by atoms with Gasteiger partial charge in [0.15, 0.2) is 0 Å². The summed E-state index contributed by atoms with van der Waals surface area (Å²) in [6.07, 6.45) is 5.09. The van der Waals surface area contributed by atoms with Gasteiger partial charge in [0, 0.05) is 38.9 Å². The van der Waals surface area contributed by atoms with E-state index in [1.807, 2.05) is 56.8 Å². The number of nitrogens with zero attached hydrogens (tertiary/aromatic N) is 4. The third kappa shape index (κ3) is 4.18. The van der Waals surface area contributed by atoms with Gasteiger partial charge in [0.1, 0.15) is 11.5 Å². The van der Waals surface area contributed by atoms with Crippen molar-refractivity contribution in [1.29, 1.82) is 0 Å². The molecule has 6 heteroatoms. The lowest BCUT2D eigenvalue weighted by Crippen LogP contribution is -2.26. The number of aryl methyl sites for hydroxylation is 1. The predicted molar refractivity (Wildman–Crippen MR) is 102 cm³/mol. The molecule has 0 saturated heterocycles. The molecule has 0 fully saturated rings. The highest BCUT2D eigenvalue weighted by atomic mass is 16.1. The van der Waals surface area contributed by atoms with Gasteiger partial charge in [-0.05, 0) is 37.5 Å². The van der Waals surface area contributed by atoms with E-state index in [9.17, 15) is 4.79 Å². The first kappa shape index (κ1) is 19.0. The minimum atomic E-state index is -0.123. The summed E-state index contributed by atoms with van der Waals surface area (Å²) in [5.41, 5.74) is 4.59. The lowest BCUT2D eigenvalue weighted by atomic mass is 10.0. The molecule has 0 radical (unpaired) electrons. The molecule has 0 bridgehead atoms. The molecule has 2 aromatic rings. The monoisotopic (exact) mass is 343 g/mol. The second-order valence-corrected chi connectivity index (χ2v) is 6.63. The Hall–Kier alpha value is -2.37. The first-order valence-corrected chi connectivity index (χ1v) is 8.83. The topological polar surface area (TPSA) is 63.1 Å². The third-order valence-electron chi connectivity index (χ3n) is 4.49. The van der Waals surface area contributed by atoms with Gasteiger partial charge in [0.25, 0.3) is 5.91 Å². The van der Waals surface area contributed by atoms with Crippen molar-refractivity contribution in [3.8, 4) is 11.1 Å². The highest BCUT2D eigenvalue weighted by Crippen LogP contribution is 2.31. The number of carbonyl (C=O) groups excluding carboxylic acids is 1. The number of nitrogens with one attached hydrogen (secondary N) is 1. The molecule has 0 aliphatic carbocycles. The first-order chi connectivity index (χ1) is 11.9. The molecule has 0 saturated carbocycles. The van der Waals surface area contributed by atoms with Crippen LogP contribution in [0.15, 0.2) is 12.3 Å². The van der Waals surface area contributed by atoms with Crippen molar-refractivity contribution in [3.05, 3.63) is 29.2 Å². The number of unbranched alkanes of at least 4 members (excludes halogenated alkanes) is 2. The summed E-state index contributed by atoms with van der Waals surface area (Å²) in [6, 6.07) is 1.88. The highest BCUT2D eigenvalue weighted by molar-refractivity contribution is 5.94. The van der Waals surface area contributed by atoms with Gasteiger partial charge in [-0.25, -0.2) is 4.98 Å². The van der Waals surface area contributed by atoms with Crippen LogP contribution >= 0.6 is 0 Å². The Morgan fingerprint density at radius 3 is 2.52 bits per heavy atom. The minimum absolute atomic E-state index is 0.123. The first-order valence-electron chi connectivity index (χ1n) is 8.83. The zero-order valence-corrected chi connectivity index (χ0v) is 16.2. The second kappa shape index (κ2) is 8.14. The zero-order chi connectivity index (χ0) is 18.6. The van der Waals surface area contributed by atoms with Crippen LogP contribution in [0, 0.1) is 13.8 Å². The number of anilines is 1. The summed E-state index contributed by atoms with van der Waals surface area (Å²) in [5.74, 6) is 0.682. The van der Waals surface area contributed by atoms with E-state index in [4.69, 9.17) is 0 Å². The molecule has 2 rings (SSSR count). The van der Waals surface area contributed by atoms with Gasteiger partial charge in [0.2, 0.25) is 0 Å². The fourth-order valence-electron chi connectivity index (χ4n) is 2.86. The molecule has 0 atom stereocenters. The fourth-order valence-corrected chi connectivity index (χ4v) is 2.86. The Morgan fingerprint density at radius 1 is 1.24 bits per heavy atom. The van der Waals surface area contributed by atoms with Gasteiger partial charge in [-0.1, -0.05) is 19.8 Å². The smallest absolute Gasteiger partial charge is 0.269 e. The molecule has 136 valence electrons. The molecule has 2 heterocycles. The summed E-state index contributed by atoms with van der Waals surface area (Å²) in [4.78, 5) is 19.1. The van der Waals surface area contributed by atoms with E-state index in [0.717, 1.165) is 47.5 Å². The van der Waals surface area contributed by atoms with E-state index in [2.05, 4.69) is 22.3 Å². The van der Waals surface area contributed by atoms with E-state index in [1.54, 1.807) is 0 Å². The van der Waals surface area contributed by atoms with Crippen LogP contribution < -0.4 is 10.2 Å². The van der Waals surface area contributed by atoms with E-state index in [0.29, 0.717) is 12.2 Å². The maximum Gasteiger partial charge on any atom is 0.269 e. The van der Waals surface area contributed by atoms with E-state index in [-0.39, 0.29) is 5.91 Å². The molecule has 1 N–H and O–H groups in total. The average molecular weight is 343 g/mol. The molecule has 2 aromatic heterocycles. The molecule has 0 spiro atoms. The standard InChI is InChI=1S/C19H29N5O/c1-7-8-9-10-20-19(25)17-11-15(13(2)18(22-17)23(4)5)16-12-21-24(6)14(16)3/h11-12H,7-10H2,1-6H3,(H,20,25). The molecule has 6 nitrogen and oxygen atoms in total. The van der Waals surface area contributed by atoms with Crippen molar-refractivity contribution >= 4 is 11.7 Å². The summed E-state index contributed by atoms with van der Waals surface area (Å²) >= 11 is 0.